The molecule has 0 aliphatic carbocycles. The predicted octanol–water partition coefficient (Wildman–Crippen LogP) is 18.9. The van der Waals surface area contributed by atoms with Gasteiger partial charge in [-0.05, 0) is 51.4 Å². The van der Waals surface area contributed by atoms with Crippen LogP contribution < -0.4 is 0 Å². The molecule has 0 N–H and O–H groups in total. The lowest BCUT2D eigenvalue weighted by Crippen LogP contribution is -2.30. The molecule has 0 aromatic heterocycles. The number of esters is 3. The van der Waals surface area contributed by atoms with E-state index in [0.717, 1.165) is 57.8 Å². The number of rotatable bonds is 52. The molecule has 0 saturated heterocycles. The molecule has 0 unspecified atom stereocenters. The zero-order chi connectivity index (χ0) is 47.2. The summed E-state index contributed by atoms with van der Waals surface area (Å²) in [7, 11) is 0. The minimum Gasteiger partial charge on any atom is -0.462 e. The first-order valence-electron chi connectivity index (χ1n) is 28.5. The zero-order valence-electron chi connectivity index (χ0n) is 43.5. The Balaban J connectivity index is 4.40. The van der Waals surface area contributed by atoms with Gasteiger partial charge in [0.15, 0.2) is 6.10 Å². The molecule has 0 heterocycles. The summed E-state index contributed by atoms with van der Waals surface area (Å²) in [5.41, 5.74) is 0. The molecule has 0 bridgehead atoms. The van der Waals surface area contributed by atoms with Crippen molar-refractivity contribution in [1.29, 1.82) is 0 Å². The Bertz CT molecular complexity index is 1090. The topological polar surface area (TPSA) is 78.9 Å². The molecule has 380 valence electrons. The highest BCUT2D eigenvalue weighted by molar-refractivity contribution is 5.71. The van der Waals surface area contributed by atoms with Crippen molar-refractivity contribution in [3.63, 3.8) is 0 Å². The summed E-state index contributed by atoms with van der Waals surface area (Å²) in [5, 5.41) is 0. The van der Waals surface area contributed by atoms with Gasteiger partial charge in [0.05, 0.1) is 0 Å². The molecular formula is C59H108O6. The lowest BCUT2D eigenvalue weighted by atomic mass is 10.0. The first-order valence-corrected chi connectivity index (χ1v) is 28.5. The second-order valence-corrected chi connectivity index (χ2v) is 19.2. The van der Waals surface area contributed by atoms with E-state index in [1.54, 1.807) is 0 Å². The number of allylic oxidation sites excluding steroid dienone is 6. The standard InChI is InChI=1S/C59H108O6/c1-4-7-10-13-16-19-22-25-27-29-31-34-37-40-43-46-49-52-58(61)64-55-56(54-63-57(60)51-48-45-42-39-36-33-24-21-18-15-12-9-6-3)65-59(62)53-50-47-44-41-38-35-32-30-28-26-23-20-17-14-11-8-5-2/h25,27,31,34,40,43,56H,4-24,26,28-30,32-33,35-39,41-42,44-55H2,1-3H3/b27-25-,34-31-,43-40-/t56-/m0/s1. The molecule has 0 amide bonds. The Morgan fingerprint density at radius 1 is 0.308 bits per heavy atom. The van der Waals surface area contributed by atoms with E-state index < -0.39 is 6.10 Å². The van der Waals surface area contributed by atoms with Crippen LogP contribution in [0, 0.1) is 0 Å². The van der Waals surface area contributed by atoms with Crippen molar-refractivity contribution >= 4 is 17.9 Å². The van der Waals surface area contributed by atoms with Crippen LogP contribution in [-0.4, -0.2) is 37.2 Å². The number of unbranched alkanes of at least 4 members (excludes halogenated alkanes) is 35. The summed E-state index contributed by atoms with van der Waals surface area (Å²) < 4.78 is 16.8. The molecule has 0 aliphatic heterocycles. The van der Waals surface area contributed by atoms with Gasteiger partial charge in [0, 0.05) is 19.3 Å². The molecule has 0 rings (SSSR count). The average molecular weight is 914 g/mol. The van der Waals surface area contributed by atoms with Crippen LogP contribution in [0.4, 0.5) is 0 Å². The van der Waals surface area contributed by atoms with Crippen LogP contribution >= 0.6 is 0 Å². The third-order valence-corrected chi connectivity index (χ3v) is 12.6. The van der Waals surface area contributed by atoms with Gasteiger partial charge in [0.25, 0.3) is 0 Å². The molecule has 0 spiro atoms. The molecule has 6 nitrogen and oxygen atoms in total. The van der Waals surface area contributed by atoms with Crippen molar-refractivity contribution in [3.05, 3.63) is 36.5 Å². The summed E-state index contributed by atoms with van der Waals surface area (Å²) in [6, 6.07) is 0. The maximum atomic E-state index is 12.8. The predicted molar refractivity (Wildman–Crippen MR) is 279 cm³/mol. The minimum absolute atomic E-state index is 0.0828. The van der Waals surface area contributed by atoms with Gasteiger partial charge in [-0.2, -0.15) is 0 Å². The van der Waals surface area contributed by atoms with E-state index in [0.29, 0.717) is 25.7 Å². The highest BCUT2D eigenvalue weighted by atomic mass is 16.6. The van der Waals surface area contributed by atoms with Gasteiger partial charge in [-0.15, -0.1) is 0 Å². The second kappa shape index (κ2) is 54.2. The van der Waals surface area contributed by atoms with E-state index in [4.69, 9.17) is 14.2 Å². The maximum Gasteiger partial charge on any atom is 0.306 e. The maximum absolute atomic E-state index is 12.8. The summed E-state index contributed by atoms with van der Waals surface area (Å²) in [6.07, 6.45) is 64.2. The number of ether oxygens (including phenoxy) is 3. The minimum atomic E-state index is -0.787. The van der Waals surface area contributed by atoms with Gasteiger partial charge >= 0.3 is 17.9 Å². The molecule has 0 aromatic carbocycles. The number of carbonyl (C=O) groups excluding carboxylic acids is 3. The fraction of sp³-hybridized carbons (Fsp3) is 0.847. The molecule has 0 aromatic rings. The average Bonchev–Trinajstić information content (AvgIpc) is 3.30. The van der Waals surface area contributed by atoms with Crippen LogP contribution in [0.3, 0.4) is 0 Å². The largest absolute Gasteiger partial charge is 0.462 e. The number of hydrogen-bond acceptors (Lipinski definition) is 6. The Kier molecular flexibility index (Phi) is 52.3. The van der Waals surface area contributed by atoms with Gasteiger partial charge < -0.3 is 14.2 Å². The first kappa shape index (κ1) is 62.6. The molecule has 6 heteroatoms. The monoisotopic (exact) mass is 913 g/mol. The Labute approximate surface area is 404 Å². The third kappa shape index (κ3) is 52.5. The molecule has 65 heavy (non-hydrogen) atoms. The fourth-order valence-electron chi connectivity index (χ4n) is 8.34. The quantitative estimate of drug-likeness (QED) is 0.0262. The first-order chi connectivity index (χ1) is 32.0. The van der Waals surface area contributed by atoms with Gasteiger partial charge in [-0.1, -0.05) is 269 Å². The molecular weight excluding hydrogens is 805 g/mol. The van der Waals surface area contributed by atoms with Crippen molar-refractivity contribution in [1.82, 2.24) is 0 Å². The summed E-state index contributed by atoms with van der Waals surface area (Å²) in [6.45, 7) is 6.63. The summed E-state index contributed by atoms with van der Waals surface area (Å²) in [5.74, 6) is -0.920. The second-order valence-electron chi connectivity index (χ2n) is 19.2. The van der Waals surface area contributed by atoms with Crippen molar-refractivity contribution in [2.45, 2.75) is 309 Å². The van der Waals surface area contributed by atoms with Crippen LogP contribution in [0.2, 0.25) is 0 Å². The molecule has 1 atom stereocenters. The highest BCUT2D eigenvalue weighted by Crippen LogP contribution is 2.16. The van der Waals surface area contributed by atoms with Gasteiger partial charge in [0.2, 0.25) is 0 Å². The van der Waals surface area contributed by atoms with Crippen LogP contribution in [0.1, 0.15) is 303 Å². The van der Waals surface area contributed by atoms with E-state index in [1.165, 1.54) is 199 Å². The van der Waals surface area contributed by atoms with Gasteiger partial charge in [0.1, 0.15) is 13.2 Å². The van der Waals surface area contributed by atoms with Crippen molar-refractivity contribution < 1.29 is 28.6 Å². The van der Waals surface area contributed by atoms with E-state index in [2.05, 4.69) is 57.2 Å². The van der Waals surface area contributed by atoms with Crippen molar-refractivity contribution in [3.8, 4) is 0 Å². The summed E-state index contributed by atoms with van der Waals surface area (Å²) >= 11 is 0. The van der Waals surface area contributed by atoms with Crippen LogP contribution in [0.5, 0.6) is 0 Å². The van der Waals surface area contributed by atoms with Crippen molar-refractivity contribution in [2.24, 2.45) is 0 Å². The van der Waals surface area contributed by atoms with Gasteiger partial charge in [-0.25, -0.2) is 0 Å². The Morgan fingerprint density at radius 2 is 0.569 bits per heavy atom. The Hall–Kier alpha value is -2.37. The fourth-order valence-corrected chi connectivity index (χ4v) is 8.34. The molecule has 0 fully saturated rings. The Morgan fingerprint density at radius 3 is 0.923 bits per heavy atom. The van der Waals surface area contributed by atoms with Crippen LogP contribution in [-0.2, 0) is 28.6 Å². The number of carbonyl (C=O) groups is 3. The number of hydrogen-bond donors (Lipinski definition) is 0. The summed E-state index contributed by atoms with van der Waals surface area (Å²) in [4.78, 5) is 38.1. The lowest BCUT2D eigenvalue weighted by molar-refractivity contribution is -0.167. The molecule has 0 aliphatic rings. The normalized spacial score (nSPS) is 12.2. The lowest BCUT2D eigenvalue weighted by Gasteiger charge is -2.18. The molecule has 0 saturated carbocycles. The van der Waals surface area contributed by atoms with E-state index in [1.807, 2.05) is 0 Å². The smallest absolute Gasteiger partial charge is 0.306 e. The van der Waals surface area contributed by atoms with E-state index in [9.17, 15) is 14.4 Å². The van der Waals surface area contributed by atoms with E-state index >= 15 is 0 Å². The highest BCUT2D eigenvalue weighted by Gasteiger charge is 2.19. The SMILES string of the molecule is CCCCCCCC/C=C\C/C=C\C/C=C\CCCC(=O)OC[C@H](COC(=O)CCCCCCCCCCCCCCC)OC(=O)CCCCCCCCCCCCCCCCCCC. The van der Waals surface area contributed by atoms with Gasteiger partial charge in [-0.3, -0.25) is 14.4 Å². The van der Waals surface area contributed by atoms with Crippen LogP contribution in [0.15, 0.2) is 36.5 Å². The third-order valence-electron chi connectivity index (χ3n) is 12.6. The molecule has 0 radical (unpaired) electrons. The zero-order valence-corrected chi connectivity index (χ0v) is 43.5. The van der Waals surface area contributed by atoms with E-state index in [-0.39, 0.29) is 31.1 Å². The van der Waals surface area contributed by atoms with Crippen molar-refractivity contribution in [2.75, 3.05) is 13.2 Å². The van der Waals surface area contributed by atoms with Crippen LogP contribution in [0.25, 0.3) is 0 Å².